The summed E-state index contributed by atoms with van der Waals surface area (Å²) in [6.07, 6.45) is 2.79. The summed E-state index contributed by atoms with van der Waals surface area (Å²) in [5.41, 5.74) is 0.104. The molecule has 0 aromatic heterocycles. The molecule has 5 heteroatoms. The average molecular weight is 233 g/mol. The molecule has 2 N–H and O–H groups in total. The van der Waals surface area contributed by atoms with Crippen molar-refractivity contribution in [2.24, 2.45) is 21.9 Å². The van der Waals surface area contributed by atoms with E-state index >= 15 is 0 Å². The van der Waals surface area contributed by atoms with Gasteiger partial charge in [-0.3, -0.25) is 4.18 Å². The van der Waals surface area contributed by atoms with E-state index in [1.54, 1.807) is 0 Å². The van der Waals surface area contributed by atoms with Crippen LogP contribution >= 0.6 is 0 Å². The molecule has 2 aliphatic rings. The van der Waals surface area contributed by atoms with Gasteiger partial charge in [0, 0.05) is 5.41 Å². The standard InChI is InChI=1S/C10H19NO3S/c1-9(2)7-4-5-10(9,3)8(6-7)14-15(11,12)13/h7-8H,4-6H2,1-3H3,(H2,11,12,13). The van der Waals surface area contributed by atoms with Crippen LogP contribution in [0, 0.1) is 16.7 Å². The minimum atomic E-state index is -3.82. The van der Waals surface area contributed by atoms with Gasteiger partial charge in [-0.1, -0.05) is 20.8 Å². The molecular weight excluding hydrogens is 214 g/mol. The maximum absolute atomic E-state index is 11.0. The molecule has 0 aromatic carbocycles. The van der Waals surface area contributed by atoms with Gasteiger partial charge in [-0.15, -0.1) is 0 Å². The molecule has 2 bridgehead atoms. The highest BCUT2D eigenvalue weighted by Crippen LogP contribution is 2.66. The number of fused-ring (bicyclic) bond motifs is 2. The fourth-order valence-electron chi connectivity index (χ4n) is 3.44. The lowest BCUT2D eigenvalue weighted by Gasteiger charge is -2.38. The van der Waals surface area contributed by atoms with Crippen molar-refractivity contribution >= 4 is 10.3 Å². The van der Waals surface area contributed by atoms with E-state index < -0.39 is 10.3 Å². The molecule has 0 amide bonds. The molecule has 3 unspecified atom stereocenters. The summed E-state index contributed by atoms with van der Waals surface area (Å²) in [5.74, 6) is 0.564. The summed E-state index contributed by atoms with van der Waals surface area (Å²) >= 11 is 0. The molecule has 88 valence electrons. The highest BCUT2D eigenvalue weighted by Gasteiger charge is 2.62. The van der Waals surface area contributed by atoms with Crippen LogP contribution in [-0.4, -0.2) is 14.5 Å². The average Bonchev–Trinajstić information content (AvgIpc) is 2.34. The van der Waals surface area contributed by atoms with Crippen molar-refractivity contribution in [3.8, 4) is 0 Å². The third kappa shape index (κ3) is 1.52. The second-order valence-corrected chi connectivity index (χ2v) is 6.87. The van der Waals surface area contributed by atoms with E-state index in [0.29, 0.717) is 5.92 Å². The first-order valence-corrected chi connectivity index (χ1v) is 6.85. The number of nitrogens with two attached hydrogens (primary N) is 1. The molecule has 2 aliphatic carbocycles. The Hall–Kier alpha value is -0.130. The Morgan fingerprint density at radius 1 is 1.33 bits per heavy atom. The number of rotatable bonds is 2. The van der Waals surface area contributed by atoms with Crippen LogP contribution in [0.25, 0.3) is 0 Å². The van der Waals surface area contributed by atoms with Gasteiger partial charge >= 0.3 is 10.3 Å². The molecule has 0 heterocycles. The van der Waals surface area contributed by atoms with Crippen molar-refractivity contribution in [1.29, 1.82) is 0 Å². The lowest BCUT2D eigenvalue weighted by atomic mass is 9.70. The summed E-state index contributed by atoms with van der Waals surface area (Å²) in [6.45, 7) is 6.53. The first-order valence-electron chi connectivity index (χ1n) is 5.38. The zero-order valence-electron chi connectivity index (χ0n) is 9.49. The van der Waals surface area contributed by atoms with Crippen LogP contribution in [0.15, 0.2) is 0 Å². The van der Waals surface area contributed by atoms with Gasteiger partial charge in [0.15, 0.2) is 0 Å². The zero-order chi connectivity index (χ0) is 11.5. The smallest absolute Gasteiger partial charge is 0.254 e. The fourth-order valence-corrected chi connectivity index (χ4v) is 4.05. The van der Waals surface area contributed by atoms with Crippen LogP contribution in [0.3, 0.4) is 0 Å². The van der Waals surface area contributed by atoms with Gasteiger partial charge < -0.3 is 0 Å². The minimum Gasteiger partial charge on any atom is -0.254 e. The van der Waals surface area contributed by atoms with Gasteiger partial charge in [0.1, 0.15) is 0 Å². The Balaban J connectivity index is 2.27. The van der Waals surface area contributed by atoms with E-state index in [0.717, 1.165) is 12.8 Å². The molecule has 4 nitrogen and oxygen atoms in total. The SMILES string of the molecule is CC1(C)C2CCC1(C)C(OS(N)(=O)=O)C2. The Morgan fingerprint density at radius 3 is 2.27 bits per heavy atom. The van der Waals surface area contributed by atoms with Crippen molar-refractivity contribution in [3.63, 3.8) is 0 Å². The van der Waals surface area contributed by atoms with Crippen molar-refractivity contribution < 1.29 is 12.6 Å². The van der Waals surface area contributed by atoms with Crippen LogP contribution in [0.1, 0.15) is 40.0 Å². The normalized spacial score (nSPS) is 43.5. The molecule has 2 rings (SSSR count). The van der Waals surface area contributed by atoms with Crippen molar-refractivity contribution in [2.45, 2.75) is 46.1 Å². The van der Waals surface area contributed by atoms with E-state index in [1.165, 1.54) is 6.42 Å². The summed E-state index contributed by atoms with van der Waals surface area (Å²) in [4.78, 5) is 0. The van der Waals surface area contributed by atoms with Crippen LogP contribution in [0.5, 0.6) is 0 Å². The molecule has 15 heavy (non-hydrogen) atoms. The Labute approximate surface area is 91.4 Å². The van der Waals surface area contributed by atoms with Gasteiger partial charge in [-0.25, -0.2) is 5.14 Å². The predicted octanol–water partition coefficient (Wildman–Crippen LogP) is 1.42. The predicted molar refractivity (Wildman–Crippen MR) is 57.2 cm³/mol. The topological polar surface area (TPSA) is 69.4 Å². The lowest BCUT2D eigenvalue weighted by Crippen LogP contribution is -2.39. The van der Waals surface area contributed by atoms with E-state index in [-0.39, 0.29) is 16.9 Å². The van der Waals surface area contributed by atoms with Crippen molar-refractivity contribution in [3.05, 3.63) is 0 Å². The number of hydrogen-bond acceptors (Lipinski definition) is 3. The quantitative estimate of drug-likeness (QED) is 0.784. The lowest BCUT2D eigenvalue weighted by molar-refractivity contribution is 0.0346. The van der Waals surface area contributed by atoms with Crippen molar-refractivity contribution in [1.82, 2.24) is 0 Å². The highest BCUT2D eigenvalue weighted by molar-refractivity contribution is 7.84. The van der Waals surface area contributed by atoms with Gasteiger partial charge in [0.05, 0.1) is 6.10 Å². The van der Waals surface area contributed by atoms with E-state index in [9.17, 15) is 8.42 Å². The zero-order valence-corrected chi connectivity index (χ0v) is 10.3. The third-order valence-electron chi connectivity index (χ3n) is 4.96. The monoisotopic (exact) mass is 233 g/mol. The molecule has 0 spiro atoms. The Bertz CT molecular complexity index is 376. The second kappa shape index (κ2) is 2.96. The summed E-state index contributed by atoms with van der Waals surface area (Å²) in [5, 5.41) is 4.94. The minimum absolute atomic E-state index is 0.0515. The van der Waals surface area contributed by atoms with E-state index in [2.05, 4.69) is 20.8 Å². The van der Waals surface area contributed by atoms with Crippen LogP contribution in [-0.2, 0) is 14.5 Å². The van der Waals surface area contributed by atoms with Crippen molar-refractivity contribution in [2.75, 3.05) is 0 Å². The van der Waals surface area contributed by atoms with Gasteiger partial charge in [-0.2, -0.15) is 8.42 Å². The summed E-state index contributed by atoms with van der Waals surface area (Å²) in [6, 6.07) is 0. The molecule has 0 radical (unpaired) electrons. The summed E-state index contributed by atoms with van der Waals surface area (Å²) < 4.78 is 27.0. The molecular formula is C10H19NO3S. The van der Waals surface area contributed by atoms with Crippen LogP contribution < -0.4 is 5.14 Å². The fraction of sp³-hybridized carbons (Fsp3) is 1.00. The van der Waals surface area contributed by atoms with Crippen LogP contribution in [0.2, 0.25) is 0 Å². The van der Waals surface area contributed by atoms with Crippen LogP contribution in [0.4, 0.5) is 0 Å². The largest absolute Gasteiger partial charge is 0.333 e. The van der Waals surface area contributed by atoms with Gasteiger partial charge in [0.25, 0.3) is 0 Å². The summed E-state index contributed by atoms with van der Waals surface area (Å²) in [7, 11) is -3.82. The molecule has 0 aromatic rings. The molecule has 0 aliphatic heterocycles. The second-order valence-electron chi connectivity index (χ2n) is 5.69. The maximum Gasteiger partial charge on any atom is 0.333 e. The molecule has 2 fully saturated rings. The van der Waals surface area contributed by atoms with Gasteiger partial charge in [0.2, 0.25) is 0 Å². The Kier molecular flexibility index (Phi) is 2.24. The maximum atomic E-state index is 11.0. The first-order chi connectivity index (χ1) is 6.67. The third-order valence-corrected chi connectivity index (χ3v) is 5.46. The molecule has 3 atom stereocenters. The molecule has 0 saturated heterocycles. The van der Waals surface area contributed by atoms with E-state index in [1.807, 2.05) is 0 Å². The van der Waals surface area contributed by atoms with E-state index in [4.69, 9.17) is 9.32 Å². The Morgan fingerprint density at radius 2 is 1.93 bits per heavy atom. The highest BCUT2D eigenvalue weighted by atomic mass is 32.2. The van der Waals surface area contributed by atoms with Gasteiger partial charge in [-0.05, 0) is 30.6 Å². The number of hydrogen-bond donors (Lipinski definition) is 1. The molecule has 2 saturated carbocycles. The first kappa shape index (κ1) is 11.4.